The minimum atomic E-state index is -2.21. The van der Waals surface area contributed by atoms with Crippen LogP contribution in [0.15, 0.2) is 5.11 Å². The van der Waals surface area contributed by atoms with Crippen molar-refractivity contribution in [3.63, 3.8) is 0 Å². The molecule has 0 bridgehead atoms. The first-order valence-electron chi connectivity index (χ1n) is 8.34. The molecule has 0 aromatic heterocycles. The Morgan fingerprint density at radius 1 is 1.24 bits per heavy atom. The summed E-state index contributed by atoms with van der Waals surface area (Å²) in [6, 6.07) is 0. The van der Waals surface area contributed by atoms with E-state index in [1.165, 1.54) is 0 Å². The number of hydrogen-bond acceptors (Lipinski definition) is 7. The normalized spacial score (nSPS) is 34.3. The van der Waals surface area contributed by atoms with Crippen LogP contribution >= 0.6 is 0 Å². The molecule has 25 heavy (non-hydrogen) atoms. The average molecular weight is 375 g/mol. The van der Waals surface area contributed by atoms with Gasteiger partial charge in [-0.1, -0.05) is 25.9 Å². The molecule has 0 aliphatic carbocycles. The molecule has 0 saturated carbocycles. The van der Waals surface area contributed by atoms with Gasteiger partial charge in [-0.25, -0.2) is 0 Å². The molecule has 2 N–H and O–H groups in total. The van der Waals surface area contributed by atoms with E-state index in [2.05, 4.69) is 30.8 Å². The first-order valence-corrected chi connectivity index (χ1v) is 11.2. The van der Waals surface area contributed by atoms with Gasteiger partial charge in [0.1, 0.15) is 18.3 Å². The lowest BCUT2D eigenvalue weighted by atomic mass is 10.0. The Morgan fingerprint density at radius 2 is 1.80 bits per heavy atom. The van der Waals surface area contributed by atoms with Crippen molar-refractivity contribution in [2.45, 2.75) is 88.9 Å². The Bertz CT molecular complexity index is 560. The van der Waals surface area contributed by atoms with E-state index in [0.29, 0.717) is 0 Å². The number of fused-ring (bicyclic) bond motifs is 1. The van der Waals surface area contributed by atoms with Crippen molar-refractivity contribution in [2.24, 2.45) is 5.11 Å². The van der Waals surface area contributed by atoms with E-state index in [1.807, 2.05) is 13.1 Å². The van der Waals surface area contributed by atoms with Gasteiger partial charge < -0.3 is 28.8 Å². The SMILES string of the molecule is CC1(C)O[C@@H]2[C@H](O1)C(O)O[C@@H]2[C@](O)(CO[Si](C)(C)C(C)(C)C)N=[N+]=[N-]. The van der Waals surface area contributed by atoms with E-state index < -0.39 is 44.4 Å². The van der Waals surface area contributed by atoms with Crippen LogP contribution in [0.1, 0.15) is 34.6 Å². The van der Waals surface area contributed by atoms with E-state index in [0.717, 1.165) is 0 Å². The van der Waals surface area contributed by atoms with Crippen LogP contribution in [-0.2, 0) is 18.6 Å². The van der Waals surface area contributed by atoms with Crippen molar-refractivity contribution in [1.29, 1.82) is 0 Å². The maximum absolute atomic E-state index is 11.0. The number of ether oxygens (including phenoxy) is 3. The highest BCUT2D eigenvalue weighted by Gasteiger charge is 2.61. The molecule has 2 saturated heterocycles. The Kier molecular flexibility index (Phi) is 5.33. The molecular formula is C15H29N3O6Si. The summed E-state index contributed by atoms with van der Waals surface area (Å²) in [7, 11) is -2.21. The predicted octanol–water partition coefficient (Wildman–Crippen LogP) is 2.24. The maximum atomic E-state index is 11.0. The van der Waals surface area contributed by atoms with Crippen molar-refractivity contribution >= 4 is 8.32 Å². The molecule has 2 aliphatic heterocycles. The summed E-state index contributed by atoms with van der Waals surface area (Å²) in [5, 5.41) is 24.5. The van der Waals surface area contributed by atoms with Gasteiger partial charge in [-0.15, -0.1) is 0 Å². The maximum Gasteiger partial charge on any atom is 0.194 e. The smallest absolute Gasteiger partial charge is 0.194 e. The Balaban J connectivity index is 2.24. The Hall–Kier alpha value is -0.713. The van der Waals surface area contributed by atoms with Crippen LogP contribution < -0.4 is 0 Å². The summed E-state index contributed by atoms with van der Waals surface area (Å²) in [6.07, 6.45) is -3.93. The number of aliphatic hydroxyl groups is 2. The van der Waals surface area contributed by atoms with Crippen molar-refractivity contribution in [1.82, 2.24) is 0 Å². The monoisotopic (exact) mass is 375 g/mol. The quantitative estimate of drug-likeness (QED) is 0.328. The largest absolute Gasteiger partial charge is 0.414 e. The highest BCUT2D eigenvalue weighted by atomic mass is 28.4. The molecule has 2 rings (SSSR count). The van der Waals surface area contributed by atoms with Crippen molar-refractivity contribution < 1.29 is 28.8 Å². The molecule has 0 spiro atoms. The van der Waals surface area contributed by atoms with E-state index in [-0.39, 0.29) is 11.6 Å². The standard InChI is InChI=1S/C15H29N3O6Si/c1-13(2,3)25(6,7)21-8-15(20,17-18-16)11-9-10(12(19)22-11)24-14(4,5)23-9/h9-12,19-20H,8H2,1-7H3/t9-,10+,11+,12?,15-/m1/s1. The lowest BCUT2D eigenvalue weighted by molar-refractivity contribution is -0.246. The van der Waals surface area contributed by atoms with Gasteiger partial charge in [0, 0.05) is 4.91 Å². The highest BCUT2D eigenvalue weighted by molar-refractivity contribution is 6.74. The third-order valence-electron chi connectivity index (χ3n) is 5.15. The number of rotatable bonds is 5. The van der Waals surface area contributed by atoms with E-state index in [9.17, 15) is 10.2 Å². The van der Waals surface area contributed by atoms with Crippen LogP contribution in [0.5, 0.6) is 0 Å². The number of azide groups is 1. The predicted molar refractivity (Wildman–Crippen MR) is 91.9 cm³/mol. The summed E-state index contributed by atoms with van der Waals surface area (Å²) in [5.74, 6) is -0.935. The molecule has 0 aromatic carbocycles. The zero-order valence-corrected chi connectivity index (χ0v) is 16.9. The summed E-state index contributed by atoms with van der Waals surface area (Å²) >= 11 is 0. The van der Waals surface area contributed by atoms with E-state index >= 15 is 0 Å². The van der Waals surface area contributed by atoms with Crippen molar-refractivity contribution in [3.05, 3.63) is 10.4 Å². The van der Waals surface area contributed by atoms with Crippen LogP contribution in [0.4, 0.5) is 0 Å². The van der Waals surface area contributed by atoms with Gasteiger partial charge in [0.25, 0.3) is 0 Å². The molecule has 9 nitrogen and oxygen atoms in total. The Labute approximate surface area is 149 Å². The molecule has 2 heterocycles. The molecule has 10 heteroatoms. The lowest BCUT2D eigenvalue weighted by Gasteiger charge is -2.40. The van der Waals surface area contributed by atoms with Crippen LogP contribution in [0.2, 0.25) is 18.1 Å². The zero-order chi connectivity index (χ0) is 19.3. The summed E-state index contributed by atoms with van der Waals surface area (Å²) < 4.78 is 22.8. The summed E-state index contributed by atoms with van der Waals surface area (Å²) in [6.45, 7) is 13.4. The molecule has 144 valence electrons. The van der Waals surface area contributed by atoms with Gasteiger partial charge in [-0.2, -0.15) is 0 Å². The van der Waals surface area contributed by atoms with Crippen LogP contribution in [0.25, 0.3) is 10.4 Å². The van der Waals surface area contributed by atoms with E-state index in [4.69, 9.17) is 24.2 Å². The number of aliphatic hydroxyl groups excluding tert-OH is 1. The molecule has 2 fully saturated rings. The minimum Gasteiger partial charge on any atom is -0.414 e. The minimum absolute atomic E-state index is 0.0855. The first kappa shape index (κ1) is 20.6. The summed E-state index contributed by atoms with van der Waals surface area (Å²) in [4.78, 5) is 2.74. The third kappa shape index (κ3) is 4.01. The average Bonchev–Trinajstić information content (AvgIpc) is 2.91. The topological polar surface area (TPSA) is 126 Å². The number of nitrogens with zero attached hydrogens (tertiary/aromatic N) is 3. The second kappa shape index (κ2) is 6.47. The zero-order valence-electron chi connectivity index (χ0n) is 15.9. The van der Waals surface area contributed by atoms with Crippen LogP contribution in [0, 0.1) is 0 Å². The number of hydrogen-bond donors (Lipinski definition) is 2. The molecular weight excluding hydrogens is 346 g/mol. The first-order chi connectivity index (χ1) is 11.2. The third-order valence-corrected chi connectivity index (χ3v) is 9.63. The fourth-order valence-corrected chi connectivity index (χ4v) is 3.70. The Morgan fingerprint density at radius 3 is 2.32 bits per heavy atom. The van der Waals surface area contributed by atoms with Gasteiger partial charge in [0.05, 0.1) is 6.61 Å². The van der Waals surface area contributed by atoms with Crippen LogP contribution in [-0.4, -0.2) is 61.3 Å². The van der Waals surface area contributed by atoms with Gasteiger partial charge in [-0.05, 0) is 37.5 Å². The second-order valence-corrected chi connectivity index (χ2v) is 13.4. The molecule has 2 aliphatic rings. The van der Waals surface area contributed by atoms with E-state index in [1.54, 1.807) is 13.8 Å². The lowest BCUT2D eigenvalue weighted by Crippen LogP contribution is -2.54. The van der Waals surface area contributed by atoms with Gasteiger partial charge in [0.15, 0.2) is 26.1 Å². The molecule has 0 aromatic rings. The summed E-state index contributed by atoms with van der Waals surface area (Å²) in [5.41, 5.74) is 6.91. The highest BCUT2D eigenvalue weighted by Crippen LogP contribution is 2.43. The van der Waals surface area contributed by atoms with Gasteiger partial charge in [0.2, 0.25) is 0 Å². The van der Waals surface area contributed by atoms with Gasteiger partial charge in [-0.3, -0.25) is 0 Å². The van der Waals surface area contributed by atoms with Gasteiger partial charge >= 0.3 is 0 Å². The molecule has 5 atom stereocenters. The molecule has 0 radical (unpaired) electrons. The van der Waals surface area contributed by atoms with Crippen molar-refractivity contribution in [3.8, 4) is 0 Å². The van der Waals surface area contributed by atoms with Crippen LogP contribution in [0.3, 0.4) is 0 Å². The van der Waals surface area contributed by atoms with Crippen molar-refractivity contribution in [2.75, 3.05) is 6.61 Å². The molecule has 1 unspecified atom stereocenters. The fourth-order valence-electron chi connectivity index (χ4n) is 2.70. The fraction of sp³-hybridized carbons (Fsp3) is 1.00. The second-order valence-electron chi connectivity index (χ2n) is 8.63. The molecule has 0 amide bonds.